The Labute approximate surface area is 86.0 Å². The number of benzene rings is 1. The van der Waals surface area contributed by atoms with Gasteiger partial charge in [0, 0.05) is 6.54 Å². The highest BCUT2D eigenvalue weighted by atomic mass is 19.4. The Bertz CT molecular complexity index is 295. The van der Waals surface area contributed by atoms with Crippen molar-refractivity contribution in [1.82, 2.24) is 5.48 Å². The first kappa shape index (κ1) is 11.8. The Hall–Kier alpha value is -1.23. The minimum absolute atomic E-state index is 0.372. The molecule has 0 fully saturated rings. The van der Waals surface area contributed by atoms with Crippen LogP contribution in [0.1, 0.15) is 18.9 Å². The predicted octanol–water partition coefficient (Wildman–Crippen LogP) is 3.00. The summed E-state index contributed by atoms with van der Waals surface area (Å²) < 4.78 is 36.5. The van der Waals surface area contributed by atoms with Crippen molar-refractivity contribution in [3.05, 3.63) is 29.8 Å². The normalized spacial score (nSPS) is 11.5. The fourth-order valence-electron chi connectivity index (χ4n) is 0.948. The van der Waals surface area contributed by atoms with Crippen molar-refractivity contribution in [1.29, 1.82) is 0 Å². The quantitative estimate of drug-likeness (QED) is 0.620. The van der Waals surface area contributed by atoms with Gasteiger partial charge in [-0.05, 0) is 30.7 Å². The molecule has 1 aromatic rings. The smallest absolute Gasteiger partial charge is 0.409 e. The first-order chi connectivity index (χ1) is 7.04. The second-order valence-corrected chi connectivity index (χ2v) is 3.02. The van der Waals surface area contributed by atoms with Crippen LogP contribution in [0.15, 0.2) is 24.3 Å². The van der Waals surface area contributed by atoms with Gasteiger partial charge in [-0.25, -0.2) is 0 Å². The number of alkyl halides is 3. The molecule has 0 saturated carbocycles. The van der Waals surface area contributed by atoms with Gasteiger partial charge in [0.05, 0.1) is 5.56 Å². The molecule has 0 aliphatic heterocycles. The van der Waals surface area contributed by atoms with Crippen molar-refractivity contribution in [2.75, 3.05) is 6.54 Å². The molecule has 0 radical (unpaired) electrons. The summed E-state index contributed by atoms with van der Waals surface area (Å²) in [6.07, 6.45) is -3.41. The molecule has 0 aliphatic carbocycles. The first-order valence-corrected chi connectivity index (χ1v) is 4.61. The van der Waals surface area contributed by atoms with Crippen LogP contribution in [0.3, 0.4) is 0 Å². The van der Waals surface area contributed by atoms with Crippen molar-refractivity contribution in [3.63, 3.8) is 0 Å². The van der Waals surface area contributed by atoms with Crippen LogP contribution < -0.4 is 10.3 Å². The molecular formula is C10H12F3NO. The molecule has 0 unspecified atom stereocenters. The van der Waals surface area contributed by atoms with Crippen LogP contribution in [0.25, 0.3) is 0 Å². The van der Waals surface area contributed by atoms with Gasteiger partial charge in [-0.15, -0.1) is 0 Å². The number of hydrogen-bond acceptors (Lipinski definition) is 2. The van der Waals surface area contributed by atoms with Crippen molar-refractivity contribution < 1.29 is 18.0 Å². The van der Waals surface area contributed by atoms with Crippen molar-refractivity contribution in [2.45, 2.75) is 19.5 Å². The summed E-state index contributed by atoms with van der Waals surface area (Å²) in [6, 6.07) is 4.54. The highest BCUT2D eigenvalue weighted by molar-refractivity contribution is 5.28. The summed E-state index contributed by atoms with van der Waals surface area (Å²) in [5, 5.41) is 0. The van der Waals surface area contributed by atoms with Crippen LogP contribution in [-0.2, 0) is 6.18 Å². The minimum atomic E-state index is -4.30. The van der Waals surface area contributed by atoms with E-state index in [4.69, 9.17) is 4.84 Å². The Morgan fingerprint density at radius 1 is 1.20 bits per heavy atom. The molecule has 0 aromatic heterocycles. The van der Waals surface area contributed by atoms with E-state index >= 15 is 0 Å². The van der Waals surface area contributed by atoms with E-state index in [1.54, 1.807) is 0 Å². The minimum Gasteiger partial charge on any atom is -0.409 e. The van der Waals surface area contributed by atoms with E-state index in [1.807, 2.05) is 6.92 Å². The molecule has 0 aliphatic rings. The monoisotopic (exact) mass is 219 g/mol. The maximum absolute atomic E-state index is 12.2. The number of nitrogens with one attached hydrogen (secondary N) is 1. The van der Waals surface area contributed by atoms with Gasteiger partial charge in [0.2, 0.25) is 0 Å². The van der Waals surface area contributed by atoms with Crippen LogP contribution in [0.2, 0.25) is 0 Å². The molecule has 15 heavy (non-hydrogen) atoms. The SMILES string of the molecule is CCCNOc1ccc(C(F)(F)F)cc1. The second kappa shape index (κ2) is 5.02. The summed E-state index contributed by atoms with van der Waals surface area (Å²) in [7, 11) is 0. The molecule has 0 heterocycles. The van der Waals surface area contributed by atoms with Gasteiger partial charge < -0.3 is 4.84 Å². The maximum atomic E-state index is 12.2. The third-order valence-corrected chi connectivity index (χ3v) is 1.72. The van der Waals surface area contributed by atoms with Gasteiger partial charge in [0.25, 0.3) is 0 Å². The third kappa shape index (κ3) is 3.79. The van der Waals surface area contributed by atoms with Crippen molar-refractivity contribution >= 4 is 0 Å². The predicted molar refractivity (Wildman–Crippen MR) is 50.4 cm³/mol. The summed E-state index contributed by atoms with van der Waals surface area (Å²) in [6.45, 7) is 2.62. The summed E-state index contributed by atoms with van der Waals surface area (Å²) >= 11 is 0. The second-order valence-electron chi connectivity index (χ2n) is 3.02. The molecule has 0 atom stereocenters. The molecule has 0 saturated heterocycles. The lowest BCUT2D eigenvalue weighted by Crippen LogP contribution is -2.19. The zero-order valence-electron chi connectivity index (χ0n) is 8.27. The Morgan fingerprint density at radius 2 is 1.80 bits per heavy atom. The molecule has 84 valence electrons. The highest BCUT2D eigenvalue weighted by Crippen LogP contribution is 2.30. The van der Waals surface area contributed by atoms with E-state index in [0.717, 1.165) is 18.6 Å². The number of halogens is 3. The number of hydrogen-bond donors (Lipinski definition) is 1. The van der Waals surface area contributed by atoms with Gasteiger partial charge in [0.15, 0.2) is 0 Å². The van der Waals surface area contributed by atoms with Gasteiger partial charge >= 0.3 is 6.18 Å². The van der Waals surface area contributed by atoms with Gasteiger partial charge in [-0.3, -0.25) is 0 Å². The topological polar surface area (TPSA) is 21.3 Å². The summed E-state index contributed by atoms with van der Waals surface area (Å²) in [5.74, 6) is 0.372. The van der Waals surface area contributed by atoms with Crippen LogP contribution in [0, 0.1) is 0 Å². The zero-order valence-corrected chi connectivity index (χ0v) is 8.27. The summed E-state index contributed by atoms with van der Waals surface area (Å²) in [4.78, 5) is 5.00. The molecule has 2 nitrogen and oxygen atoms in total. The van der Waals surface area contributed by atoms with E-state index in [0.29, 0.717) is 12.3 Å². The average molecular weight is 219 g/mol. The molecule has 5 heteroatoms. The first-order valence-electron chi connectivity index (χ1n) is 4.61. The maximum Gasteiger partial charge on any atom is 0.416 e. The number of rotatable bonds is 4. The fraction of sp³-hybridized carbons (Fsp3) is 0.400. The van der Waals surface area contributed by atoms with Crippen molar-refractivity contribution in [2.24, 2.45) is 0 Å². The molecule has 1 aromatic carbocycles. The average Bonchev–Trinajstić information content (AvgIpc) is 2.18. The molecule has 0 bridgehead atoms. The van der Waals surface area contributed by atoms with E-state index in [1.165, 1.54) is 12.1 Å². The van der Waals surface area contributed by atoms with E-state index < -0.39 is 11.7 Å². The molecular weight excluding hydrogens is 207 g/mol. The lowest BCUT2D eigenvalue weighted by molar-refractivity contribution is -0.137. The van der Waals surface area contributed by atoms with Crippen LogP contribution in [0.5, 0.6) is 5.75 Å². The van der Waals surface area contributed by atoms with E-state index in [9.17, 15) is 13.2 Å². The Morgan fingerprint density at radius 3 is 2.27 bits per heavy atom. The van der Waals surface area contributed by atoms with Gasteiger partial charge in [-0.1, -0.05) is 6.92 Å². The zero-order chi connectivity index (χ0) is 11.3. The standard InChI is InChI=1S/C10H12F3NO/c1-2-7-14-15-9-5-3-8(4-6-9)10(11,12)13/h3-6,14H,2,7H2,1H3. The lowest BCUT2D eigenvalue weighted by atomic mass is 10.2. The largest absolute Gasteiger partial charge is 0.416 e. The number of hydroxylamine groups is 1. The third-order valence-electron chi connectivity index (χ3n) is 1.72. The van der Waals surface area contributed by atoms with Crippen LogP contribution in [0.4, 0.5) is 13.2 Å². The van der Waals surface area contributed by atoms with Crippen LogP contribution >= 0.6 is 0 Å². The summed E-state index contributed by atoms with van der Waals surface area (Å²) in [5.41, 5.74) is 1.95. The van der Waals surface area contributed by atoms with Gasteiger partial charge in [-0.2, -0.15) is 18.7 Å². The molecule has 0 amide bonds. The van der Waals surface area contributed by atoms with Crippen LogP contribution in [-0.4, -0.2) is 6.54 Å². The molecule has 1 N–H and O–H groups in total. The molecule has 1 rings (SSSR count). The lowest BCUT2D eigenvalue weighted by Gasteiger charge is -2.08. The van der Waals surface area contributed by atoms with E-state index in [2.05, 4.69) is 5.48 Å². The van der Waals surface area contributed by atoms with Gasteiger partial charge in [0.1, 0.15) is 5.75 Å². The fourth-order valence-corrected chi connectivity index (χ4v) is 0.948. The van der Waals surface area contributed by atoms with E-state index in [-0.39, 0.29) is 0 Å². The Kier molecular flexibility index (Phi) is 3.96. The Balaban J connectivity index is 2.57. The molecule has 0 spiro atoms. The van der Waals surface area contributed by atoms with Crippen molar-refractivity contribution in [3.8, 4) is 5.75 Å². The highest BCUT2D eigenvalue weighted by Gasteiger charge is 2.29.